The summed E-state index contributed by atoms with van der Waals surface area (Å²) in [7, 11) is 0. The van der Waals surface area contributed by atoms with E-state index in [9.17, 15) is 10.1 Å². The first-order valence-corrected chi connectivity index (χ1v) is 6.56. The molecule has 3 rings (SSSR count). The van der Waals surface area contributed by atoms with E-state index in [0.29, 0.717) is 36.7 Å². The van der Waals surface area contributed by atoms with Gasteiger partial charge in [-0.25, -0.2) is 0 Å². The molecule has 1 aliphatic rings. The Kier molecular flexibility index (Phi) is 3.63. The molecular formula is C13H14N4O4. The molecule has 8 heteroatoms. The highest BCUT2D eigenvalue weighted by molar-refractivity contribution is 5.70. The third-order valence-electron chi connectivity index (χ3n) is 3.34. The Bertz CT molecular complexity index is 664. The fourth-order valence-electron chi connectivity index (χ4n) is 2.29. The predicted octanol–water partition coefficient (Wildman–Crippen LogP) is 1.61. The highest BCUT2D eigenvalue weighted by Crippen LogP contribution is 2.32. The van der Waals surface area contributed by atoms with Crippen LogP contribution in [0.5, 0.6) is 0 Å². The monoisotopic (exact) mass is 290 g/mol. The lowest BCUT2D eigenvalue weighted by atomic mass is 10.1. The maximum atomic E-state index is 11.1. The Morgan fingerprint density at radius 1 is 1.48 bits per heavy atom. The van der Waals surface area contributed by atoms with Crippen molar-refractivity contribution in [3.05, 3.63) is 39.7 Å². The number of aromatic nitrogens is 2. The average molecular weight is 290 g/mol. The molecule has 1 atom stereocenters. The van der Waals surface area contributed by atoms with Crippen molar-refractivity contribution in [1.29, 1.82) is 0 Å². The highest BCUT2D eigenvalue weighted by Gasteiger charge is 2.26. The van der Waals surface area contributed by atoms with Gasteiger partial charge in [-0.2, -0.15) is 4.98 Å². The number of nitrogens with zero attached hydrogens (tertiary/aromatic N) is 3. The molecule has 1 aromatic carbocycles. The molecule has 21 heavy (non-hydrogen) atoms. The number of hydrogen-bond acceptors (Lipinski definition) is 7. The second-order valence-electron chi connectivity index (χ2n) is 4.77. The van der Waals surface area contributed by atoms with E-state index in [1.165, 1.54) is 6.07 Å². The summed E-state index contributed by atoms with van der Waals surface area (Å²) in [6, 6.07) is 4.67. The van der Waals surface area contributed by atoms with Gasteiger partial charge >= 0.3 is 0 Å². The van der Waals surface area contributed by atoms with Gasteiger partial charge in [0.2, 0.25) is 0 Å². The topological polar surface area (TPSA) is 103 Å². The standard InChI is InChI=1S/C13H14N4O4/c1-8-3-2-4-10(17(18)19)11(8)13-15-12(16-21-13)9-7-20-6-5-14-9/h2-4,9,14H,5-7H2,1H3. The van der Waals surface area contributed by atoms with Crippen molar-refractivity contribution in [2.24, 2.45) is 0 Å². The molecule has 110 valence electrons. The van der Waals surface area contributed by atoms with Crippen LogP contribution < -0.4 is 5.32 Å². The predicted molar refractivity (Wildman–Crippen MR) is 72.7 cm³/mol. The van der Waals surface area contributed by atoms with Crippen LogP contribution in [0, 0.1) is 17.0 Å². The molecule has 1 saturated heterocycles. The molecule has 0 bridgehead atoms. The summed E-state index contributed by atoms with van der Waals surface area (Å²) in [5, 5.41) is 18.3. The zero-order valence-corrected chi connectivity index (χ0v) is 11.4. The van der Waals surface area contributed by atoms with E-state index in [2.05, 4.69) is 15.5 Å². The van der Waals surface area contributed by atoms with Gasteiger partial charge in [-0.05, 0) is 12.5 Å². The van der Waals surface area contributed by atoms with E-state index in [1.807, 2.05) is 0 Å². The van der Waals surface area contributed by atoms with Gasteiger partial charge in [0.1, 0.15) is 5.56 Å². The molecule has 0 amide bonds. The van der Waals surface area contributed by atoms with Gasteiger partial charge in [-0.15, -0.1) is 0 Å². The number of aryl methyl sites for hydroxylation is 1. The van der Waals surface area contributed by atoms with E-state index in [0.717, 1.165) is 0 Å². The van der Waals surface area contributed by atoms with Gasteiger partial charge in [0.25, 0.3) is 11.6 Å². The summed E-state index contributed by atoms with van der Waals surface area (Å²) in [6.07, 6.45) is 0. The average Bonchev–Trinajstić information content (AvgIpc) is 2.97. The number of hydrogen-bond donors (Lipinski definition) is 1. The number of nitro groups is 1. The summed E-state index contributed by atoms with van der Waals surface area (Å²) in [4.78, 5) is 15.0. The smallest absolute Gasteiger partial charge is 0.282 e. The van der Waals surface area contributed by atoms with Crippen LogP contribution in [0.1, 0.15) is 17.4 Å². The largest absolute Gasteiger partial charge is 0.378 e. The third kappa shape index (κ3) is 2.63. The molecule has 0 aliphatic carbocycles. The summed E-state index contributed by atoms with van der Waals surface area (Å²) in [5.74, 6) is 0.601. The maximum Gasteiger partial charge on any atom is 0.282 e. The van der Waals surface area contributed by atoms with Gasteiger partial charge in [0, 0.05) is 12.6 Å². The SMILES string of the molecule is Cc1cccc([N+](=O)[O-])c1-c1nc(C2COCCN2)no1. The second kappa shape index (κ2) is 5.58. The summed E-state index contributed by atoms with van der Waals surface area (Å²) in [6.45, 7) is 3.58. The van der Waals surface area contributed by atoms with Crippen LogP contribution in [0.4, 0.5) is 5.69 Å². The number of benzene rings is 1. The quantitative estimate of drug-likeness (QED) is 0.676. The minimum absolute atomic E-state index is 0.0435. The van der Waals surface area contributed by atoms with Crippen molar-refractivity contribution in [3.63, 3.8) is 0 Å². The Balaban J connectivity index is 1.98. The molecule has 1 unspecified atom stereocenters. The van der Waals surface area contributed by atoms with E-state index in [-0.39, 0.29) is 17.6 Å². The molecule has 0 radical (unpaired) electrons. The molecule has 2 aromatic rings. The Labute approximate surface area is 120 Å². The molecule has 1 aliphatic heterocycles. The van der Waals surface area contributed by atoms with Gasteiger partial charge in [0.15, 0.2) is 5.82 Å². The van der Waals surface area contributed by atoms with Crippen LogP contribution in [0.3, 0.4) is 0 Å². The molecule has 2 heterocycles. The zero-order valence-electron chi connectivity index (χ0n) is 11.4. The van der Waals surface area contributed by atoms with Crippen molar-refractivity contribution < 1.29 is 14.2 Å². The number of morpholine rings is 1. The Hall–Kier alpha value is -2.32. The molecule has 0 saturated carbocycles. The first kappa shape index (κ1) is 13.7. The number of rotatable bonds is 3. The zero-order chi connectivity index (χ0) is 14.8. The highest BCUT2D eigenvalue weighted by atomic mass is 16.6. The van der Waals surface area contributed by atoms with Crippen LogP contribution in [0.25, 0.3) is 11.5 Å². The van der Waals surface area contributed by atoms with Crippen LogP contribution >= 0.6 is 0 Å². The summed E-state index contributed by atoms with van der Waals surface area (Å²) in [5.41, 5.74) is 1.03. The first-order chi connectivity index (χ1) is 10.2. The minimum atomic E-state index is -0.450. The van der Waals surface area contributed by atoms with Gasteiger partial charge in [-0.1, -0.05) is 17.3 Å². The van der Waals surface area contributed by atoms with E-state index < -0.39 is 4.92 Å². The van der Waals surface area contributed by atoms with E-state index in [4.69, 9.17) is 9.26 Å². The molecule has 8 nitrogen and oxygen atoms in total. The van der Waals surface area contributed by atoms with Gasteiger partial charge in [0.05, 0.1) is 24.2 Å². The fraction of sp³-hybridized carbons (Fsp3) is 0.385. The van der Waals surface area contributed by atoms with Crippen molar-refractivity contribution >= 4 is 5.69 Å². The van der Waals surface area contributed by atoms with Crippen molar-refractivity contribution in [2.75, 3.05) is 19.8 Å². The Morgan fingerprint density at radius 2 is 2.33 bits per heavy atom. The number of nitro benzene ring substituents is 1. The fourth-order valence-corrected chi connectivity index (χ4v) is 2.29. The van der Waals surface area contributed by atoms with Crippen molar-refractivity contribution in [3.8, 4) is 11.5 Å². The third-order valence-corrected chi connectivity index (χ3v) is 3.34. The van der Waals surface area contributed by atoms with Crippen LogP contribution in [0.15, 0.2) is 22.7 Å². The second-order valence-corrected chi connectivity index (χ2v) is 4.77. The molecule has 1 fully saturated rings. The van der Waals surface area contributed by atoms with Crippen LogP contribution in [0.2, 0.25) is 0 Å². The van der Waals surface area contributed by atoms with Crippen LogP contribution in [-0.4, -0.2) is 34.8 Å². The molecule has 1 aromatic heterocycles. The number of nitrogens with one attached hydrogen (secondary N) is 1. The lowest BCUT2D eigenvalue weighted by Gasteiger charge is -2.20. The van der Waals surface area contributed by atoms with Crippen molar-refractivity contribution in [2.45, 2.75) is 13.0 Å². The maximum absolute atomic E-state index is 11.1. The lowest BCUT2D eigenvalue weighted by molar-refractivity contribution is -0.384. The van der Waals surface area contributed by atoms with Gasteiger partial charge in [-0.3, -0.25) is 10.1 Å². The minimum Gasteiger partial charge on any atom is -0.378 e. The molecule has 0 spiro atoms. The summed E-state index contributed by atoms with van der Waals surface area (Å²) < 4.78 is 10.6. The molecular weight excluding hydrogens is 276 g/mol. The van der Waals surface area contributed by atoms with E-state index >= 15 is 0 Å². The lowest BCUT2D eigenvalue weighted by Crippen LogP contribution is -2.35. The Morgan fingerprint density at radius 3 is 3.05 bits per heavy atom. The summed E-state index contributed by atoms with van der Waals surface area (Å²) >= 11 is 0. The molecule has 1 N–H and O–H groups in total. The first-order valence-electron chi connectivity index (χ1n) is 6.56. The van der Waals surface area contributed by atoms with Gasteiger partial charge < -0.3 is 14.6 Å². The normalized spacial score (nSPS) is 18.6. The van der Waals surface area contributed by atoms with E-state index in [1.54, 1.807) is 19.1 Å². The van der Waals surface area contributed by atoms with Crippen LogP contribution in [-0.2, 0) is 4.74 Å². The number of ether oxygens (including phenoxy) is 1. The van der Waals surface area contributed by atoms with Crippen molar-refractivity contribution in [1.82, 2.24) is 15.5 Å².